The van der Waals surface area contributed by atoms with Crippen LogP contribution in [0.1, 0.15) is 22.3 Å². The Morgan fingerprint density at radius 1 is 0.973 bits per heavy atom. The summed E-state index contributed by atoms with van der Waals surface area (Å²) in [6, 6.07) is 11.6. The molecular weight excluding hydrogens is 493 g/mol. The molecule has 1 atom stereocenters. The third-order valence-electron chi connectivity index (χ3n) is 6.85. The van der Waals surface area contributed by atoms with Gasteiger partial charge in [-0.05, 0) is 36.4 Å². The lowest BCUT2D eigenvalue weighted by molar-refractivity contribution is -0.383. The predicted molar refractivity (Wildman–Crippen MR) is 123 cm³/mol. The molecule has 0 aromatic heterocycles. The molecule has 0 aliphatic carbocycles. The molecule has 1 unspecified atom stereocenters. The Hall–Kier alpha value is -4.74. The number of fused-ring (bicyclic) bond motifs is 5. The third kappa shape index (κ3) is 3.21. The van der Waals surface area contributed by atoms with Crippen molar-refractivity contribution >= 4 is 40.0 Å². The van der Waals surface area contributed by atoms with Crippen LogP contribution >= 0.6 is 0 Å². The summed E-state index contributed by atoms with van der Waals surface area (Å²) in [5.41, 5.74) is -0.503. The van der Waals surface area contributed by atoms with E-state index in [1.807, 2.05) is 0 Å². The summed E-state index contributed by atoms with van der Waals surface area (Å²) in [5, 5.41) is 12.1. The van der Waals surface area contributed by atoms with E-state index in [9.17, 15) is 37.7 Å². The molecule has 2 bridgehead atoms. The SMILES string of the molecule is O=C(c1ccc(C(F)(F)F)cc1)N1CC2CC1=C1C(=O)N(c3ccc([N+](=O)[O-])c4ccccc34)C(=O)N12. The molecule has 2 fully saturated rings. The lowest BCUT2D eigenvalue weighted by Gasteiger charge is -2.28. The van der Waals surface area contributed by atoms with Gasteiger partial charge in [-0.25, -0.2) is 9.69 Å². The van der Waals surface area contributed by atoms with Crippen molar-refractivity contribution in [1.29, 1.82) is 0 Å². The van der Waals surface area contributed by atoms with Gasteiger partial charge in [-0.3, -0.25) is 24.6 Å². The fourth-order valence-electron chi connectivity index (χ4n) is 5.21. The maximum Gasteiger partial charge on any atom is 0.416 e. The first-order valence-corrected chi connectivity index (χ1v) is 11.1. The molecule has 186 valence electrons. The van der Waals surface area contributed by atoms with E-state index in [-0.39, 0.29) is 41.0 Å². The second kappa shape index (κ2) is 7.63. The molecule has 3 aliphatic heterocycles. The minimum absolute atomic E-state index is 0.0233. The maximum atomic E-state index is 13.5. The van der Waals surface area contributed by atoms with Crippen LogP contribution in [0.4, 0.5) is 29.3 Å². The van der Waals surface area contributed by atoms with Crippen molar-refractivity contribution in [1.82, 2.24) is 9.80 Å². The zero-order valence-corrected chi connectivity index (χ0v) is 18.7. The number of hydrogen-bond acceptors (Lipinski definition) is 5. The van der Waals surface area contributed by atoms with E-state index in [1.165, 1.54) is 28.0 Å². The van der Waals surface area contributed by atoms with Crippen LogP contribution in [-0.4, -0.2) is 45.2 Å². The van der Waals surface area contributed by atoms with Crippen LogP contribution in [0, 0.1) is 10.1 Å². The number of nitro groups is 1. The Bertz CT molecular complexity index is 1580. The lowest BCUT2D eigenvalue weighted by atomic mass is 10.1. The van der Waals surface area contributed by atoms with Crippen LogP contribution in [0.15, 0.2) is 72.1 Å². The number of urea groups is 1. The quantitative estimate of drug-likeness (QED) is 0.291. The van der Waals surface area contributed by atoms with Crippen molar-refractivity contribution in [2.45, 2.75) is 18.6 Å². The van der Waals surface area contributed by atoms with Crippen LogP contribution in [0.25, 0.3) is 10.8 Å². The van der Waals surface area contributed by atoms with E-state index in [0.29, 0.717) is 11.1 Å². The number of amides is 4. The average Bonchev–Trinajstić information content (AvgIpc) is 3.54. The molecule has 37 heavy (non-hydrogen) atoms. The van der Waals surface area contributed by atoms with E-state index in [2.05, 4.69) is 0 Å². The highest BCUT2D eigenvalue weighted by molar-refractivity contribution is 6.30. The minimum Gasteiger partial charge on any atom is -0.308 e. The number of halogens is 3. The van der Waals surface area contributed by atoms with Crippen molar-refractivity contribution in [3.63, 3.8) is 0 Å². The van der Waals surface area contributed by atoms with Crippen LogP contribution in [0.3, 0.4) is 0 Å². The van der Waals surface area contributed by atoms with Gasteiger partial charge in [0.05, 0.1) is 33.3 Å². The Labute approximate surface area is 206 Å². The summed E-state index contributed by atoms with van der Waals surface area (Å²) in [7, 11) is 0. The van der Waals surface area contributed by atoms with Crippen LogP contribution in [0.2, 0.25) is 0 Å². The van der Waals surface area contributed by atoms with Gasteiger partial charge in [0.15, 0.2) is 0 Å². The first-order chi connectivity index (χ1) is 17.6. The van der Waals surface area contributed by atoms with Crippen LogP contribution < -0.4 is 4.90 Å². The minimum atomic E-state index is -4.54. The van der Waals surface area contributed by atoms with Crippen molar-refractivity contribution in [2.24, 2.45) is 0 Å². The number of hydrogen-bond donors (Lipinski definition) is 0. The molecule has 3 aliphatic rings. The number of alkyl halides is 3. The Morgan fingerprint density at radius 2 is 1.65 bits per heavy atom. The highest BCUT2D eigenvalue weighted by Gasteiger charge is 2.56. The third-order valence-corrected chi connectivity index (χ3v) is 6.85. The van der Waals surface area contributed by atoms with E-state index in [4.69, 9.17) is 0 Å². The van der Waals surface area contributed by atoms with Gasteiger partial charge in [-0.15, -0.1) is 0 Å². The standard InChI is InChI=1S/C25H15F3N4O5/c26-25(27,28)14-7-5-13(6-8-14)22(33)29-12-15-11-20(29)21-23(34)31(24(35)30(15)21)18-9-10-19(32(36)37)17-4-2-1-3-16(17)18/h1-10,15H,11-12H2. The number of carbonyl (C=O) groups excluding carboxylic acids is 3. The molecular formula is C25H15F3N4O5. The van der Waals surface area contributed by atoms with Crippen molar-refractivity contribution in [3.8, 4) is 0 Å². The number of likely N-dealkylation sites (tertiary alicyclic amines) is 1. The second-order valence-corrected chi connectivity index (χ2v) is 8.84. The van der Waals surface area contributed by atoms with Gasteiger partial charge in [-0.2, -0.15) is 13.2 Å². The van der Waals surface area contributed by atoms with E-state index in [1.54, 1.807) is 18.2 Å². The molecule has 0 radical (unpaired) electrons. The van der Waals surface area contributed by atoms with E-state index in [0.717, 1.165) is 29.2 Å². The van der Waals surface area contributed by atoms with Gasteiger partial charge in [0.1, 0.15) is 5.70 Å². The molecule has 12 heteroatoms. The Balaban J connectivity index is 1.38. The number of imide groups is 1. The molecule has 3 aromatic rings. The molecule has 4 amide bonds. The molecule has 2 saturated heterocycles. The number of anilines is 1. The topological polar surface area (TPSA) is 104 Å². The highest BCUT2D eigenvalue weighted by atomic mass is 19.4. The van der Waals surface area contributed by atoms with Gasteiger partial charge in [0.2, 0.25) is 0 Å². The lowest BCUT2D eigenvalue weighted by Crippen LogP contribution is -2.43. The average molecular weight is 508 g/mol. The molecule has 6 rings (SSSR count). The number of rotatable bonds is 3. The summed E-state index contributed by atoms with van der Waals surface area (Å²) in [5.74, 6) is -1.25. The van der Waals surface area contributed by atoms with Crippen molar-refractivity contribution in [3.05, 3.63) is 93.3 Å². The molecule has 0 spiro atoms. The number of nitro benzene ring substituents is 1. The van der Waals surface area contributed by atoms with E-state index < -0.39 is 40.6 Å². The van der Waals surface area contributed by atoms with Gasteiger partial charge in [-0.1, -0.05) is 18.2 Å². The van der Waals surface area contributed by atoms with Gasteiger partial charge in [0, 0.05) is 30.0 Å². The van der Waals surface area contributed by atoms with Crippen molar-refractivity contribution < 1.29 is 32.5 Å². The van der Waals surface area contributed by atoms with Gasteiger partial charge < -0.3 is 4.90 Å². The van der Waals surface area contributed by atoms with Crippen LogP contribution in [-0.2, 0) is 11.0 Å². The number of non-ortho nitro benzene ring substituents is 1. The van der Waals surface area contributed by atoms with Crippen LogP contribution in [0.5, 0.6) is 0 Å². The molecule has 9 nitrogen and oxygen atoms in total. The van der Waals surface area contributed by atoms with Crippen molar-refractivity contribution in [2.75, 3.05) is 11.4 Å². The number of nitrogens with zero attached hydrogens (tertiary/aromatic N) is 4. The smallest absolute Gasteiger partial charge is 0.308 e. The summed E-state index contributed by atoms with van der Waals surface area (Å²) in [6.45, 7) is 0.0898. The van der Waals surface area contributed by atoms with Gasteiger partial charge >= 0.3 is 12.2 Å². The highest BCUT2D eigenvalue weighted by Crippen LogP contribution is 2.46. The monoisotopic (exact) mass is 508 g/mol. The maximum absolute atomic E-state index is 13.5. The van der Waals surface area contributed by atoms with E-state index >= 15 is 0 Å². The zero-order valence-electron chi connectivity index (χ0n) is 18.7. The fourth-order valence-corrected chi connectivity index (χ4v) is 5.21. The first-order valence-electron chi connectivity index (χ1n) is 11.1. The summed E-state index contributed by atoms with van der Waals surface area (Å²) in [4.78, 5) is 54.5. The summed E-state index contributed by atoms with van der Waals surface area (Å²) >= 11 is 0. The molecule has 0 N–H and O–H groups in total. The van der Waals surface area contributed by atoms with Gasteiger partial charge in [0.25, 0.3) is 17.5 Å². The zero-order chi connectivity index (χ0) is 26.2. The Morgan fingerprint density at radius 3 is 2.30 bits per heavy atom. The number of carbonyl (C=O) groups is 3. The fraction of sp³-hybridized carbons (Fsp3) is 0.160. The molecule has 3 aromatic carbocycles. The number of benzene rings is 3. The largest absolute Gasteiger partial charge is 0.416 e. The Kier molecular flexibility index (Phi) is 4.68. The first kappa shape index (κ1) is 22.7. The summed E-state index contributed by atoms with van der Waals surface area (Å²) in [6.07, 6.45) is -4.28. The second-order valence-electron chi connectivity index (χ2n) is 8.84. The molecule has 3 heterocycles. The summed E-state index contributed by atoms with van der Waals surface area (Å²) < 4.78 is 38.7. The predicted octanol–water partition coefficient (Wildman–Crippen LogP) is 4.68. The molecule has 0 saturated carbocycles. The normalized spacial score (nSPS) is 18.9.